The molecule has 0 unspecified atom stereocenters. The van der Waals surface area contributed by atoms with Crippen LogP contribution in [-0.2, 0) is 21.4 Å². The molecule has 0 spiro atoms. The van der Waals surface area contributed by atoms with Crippen molar-refractivity contribution in [3.63, 3.8) is 0 Å². The molecule has 136 valence electrons. The number of carbonyl (C=O) groups excluding carboxylic acids is 2. The van der Waals surface area contributed by atoms with Gasteiger partial charge in [-0.2, -0.15) is 0 Å². The summed E-state index contributed by atoms with van der Waals surface area (Å²) in [6.45, 7) is 5.97. The van der Waals surface area contributed by atoms with Crippen molar-refractivity contribution in [1.82, 2.24) is 15.0 Å². The molecule has 1 aliphatic carbocycles. The summed E-state index contributed by atoms with van der Waals surface area (Å²) < 4.78 is 11.1. The summed E-state index contributed by atoms with van der Waals surface area (Å²) in [6, 6.07) is 8.12. The molecular weight excluding hydrogens is 334 g/mol. The minimum absolute atomic E-state index is 0.00641. The predicted molar refractivity (Wildman–Crippen MR) is 94.1 cm³/mol. The summed E-state index contributed by atoms with van der Waals surface area (Å²) in [6.07, 6.45) is 3.36. The highest BCUT2D eigenvalue weighted by molar-refractivity contribution is 6.00. The third-order valence-corrected chi connectivity index (χ3v) is 5.11. The molecule has 0 saturated heterocycles. The lowest BCUT2D eigenvalue weighted by molar-refractivity contribution is 0.0532. The number of aryl methyl sites for hydroxylation is 1. The first-order chi connectivity index (χ1) is 12.5. The van der Waals surface area contributed by atoms with Crippen LogP contribution in [0.3, 0.4) is 0 Å². The topological polar surface area (TPSA) is 83.3 Å². The Morgan fingerprint density at radius 3 is 2.62 bits per heavy atom. The third kappa shape index (κ3) is 2.60. The van der Waals surface area contributed by atoms with Gasteiger partial charge < -0.3 is 9.47 Å². The van der Waals surface area contributed by atoms with E-state index in [1.807, 2.05) is 25.1 Å². The van der Waals surface area contributed by atoms with Crippen LogP contribution in [0.2, 0.25) is 0 Å². The second-order valence-corrected chi connectivity index (χ2v) is 6.45. The fourth-order valence-corrected chi connectivity index (χ4v) is 3.72. The lowest BCUT2D eigenvalue weighted by Gasteiger charge is -2.41. The summed E-state index contributed by atoms with van der Waals surface area (Å²) in [4.78, 5) is 24.4. The fraction of sp³-hybridized carbons (Fsp3) is 0.368. The van der Waals surface area contributed by atoms with Crippen molar-refractivity contribution in [2.45, 2.75) is 31.2 Å². The van der Waals surface area contributed by atoms with E-state index >= 15 is 0 Å². The van der Waals surface area contributed by atoms with E-state index in [9.17, 15) is 9.59 Å². The molecule has 7 nitrogen and oxygen atoms in total. The number of rotatable bonds is 4. The summed E-state index contributed by atoms with van der Waals surface area (Å²) in [5.41, 5.74) is 1.58. The Kier molecular flexibility index (Phi) is 4.63. The number of esters is 2. The lowest BCUT2D eigenvalue weighted by Crippen LogP contribution is -2.42. The van der Waals surface area contributed by atoms with E-state index in [1.165, 1.54) is 24.5 Å². The minimum atomic E-state index is -0.730. The van der Waals surface area contributed by atoms with Gasteiger partial charge in [0.15, 0.2) is 5.69 Å². The van der Waals surface area contributed by atoms with E-state index in [1.54, 1.807) is 0 Å². The maximum atomic E-state index is 12.4. The number of nitrogens with zero attached hydrogens (tertiary/aromatic N) is 3. The number of ether oxygens (including phenoxy) is 2. The average Bonchev–Trinajstić information content (AvgIpc) is 3.12. The van der Waals surface area contributed by atoms with Crippen LogP contribution in [0.25, 0.3) is 0 Å². The zero-order chi connectivity index (χ0) is 18.9. The van der Waals surface area contributed by atoms with Crippen molar-refractivity contribution >= 4 is 11.9 Å². The second-order valence-electron chi connectivity index (χ2n) is 6.45. The van der Waals surface area contributed by atoms with Gasteiger partial charge in [0.25, 0.3) is 0 Å². The van der Waals surface area contributed by atoms with Crippen LogP contribution in [0.15, 0.2) is 36.9 Å². The van der Waals surface area contributed by atoms with Crippen molar-refractivity contribution in [1.29, 1.82) is 0 Å². The zero-order valence-corrected chi connectivity index (χ0v) is 15.1. The Balaban J connectivity index is 2.19. The third-order valence-electron chi connectivity index (χ3n) is 5.11. The highest BCUT2D eigenvalue weighted by atomic mass is 16.5. The SMILES string of the molecule is C=C[C@H]1c2ccccc2CC[C@@]1(C)n1nnc(C(=O)OC)c1C(=O)OC. The van der Waals surface area contributed by atoms with E-state index in [2.05, 4.69) is 29.0 Å². The number of aromatic nitrogens is 3. The Morgan fingerprint density at radius 2 is 1.96 bits per heavy atom. The van der Waals surface area contributed by atoms with Crippen LogP contribution in [0.1, 0.15) is 51.4 Å². The minimum Gasteiger partial charge on any atom is -0.464 e. The van der Waals surface area contributed by atoms with Crippen LogP contribution in [0, 0.1) is 0 Å². The molecule has 0 amide bonds. The van der Waals surface area contributed by atoms with Gasteiger partial charge in [-0.3, -0.25) is 0 Å². The molecule has 0 N–H and O–H groups in total. The smallest absolute Gasteiger partial charge is 0.361 e. The van der Waals surface area contributed by atoms with E-state index in [0.29, 0.717) is 6.42 Å². The lowest BCUT2D eigenvalue weighted by atomic mass is 9.70. The van der Waals surface area contributed by atoms with Crippen LogP contribution < -0.4 is 0 Å². The van der Waals surface area contributed by atoms with E-state index < -0.39 is 17.5 Å². The van der Waals surface area contributed by atoms with Crippen molar-refractivity contribution < 1.29 is 19.1 Å². The summed E-state index contributed by atoms with van der Waals surface area (Å²) in [7, 11) is 2.48. The molecule has 26 heavy (non-hydrogen) atoms. The molecule has 1 aromatic heterocycles. The number of carbonyl (C=O) groups is 2. The van der Waals surface area contributed by atoms with Gasteiger partial charge in [-0.1, -0.05) is 35.6 Å². The van der Waals surface area contributed by atoms with Crippen LogP contribution in [0.5, 0.6) is 0 Å². The summed E-state index contributed by atoms with van der Waals surface area (Å²) in [5.74, 6) is -1.52. The quantitative estimate of drug-likeness (QED) is 0.619. The van der Waals surface area contributed by atoms with Gasteiger partial charge >= 0.3 is 11.9 Å². The van der Waals surface area contributed by atoms with Gasteiger partial charge in [0.2, 0.25) is 5.69 Å². The van der Waals surface area contributed by atoms with Crippen molar-refractivity contribution in [2.24, 2.45) is 0 Å². The van der Waals surface area contributed by atoms with Crippen molar-refractivity contribution in [3.05, 3.63) is 59.4 Å². The van der Waals surface area contributed by atoms with Crippen molar-refractivity contribution in [3.8, 4) is 0 Å². The molecule has 2 aromatic rings. The molecule has 2 atom stereocenters. The predicted octanol–water partition coefficient (Wildman–Crippen LogP) is 2.48. The maximum Gasteiger partial charge on any atom is 0.361 e. The molecular formula is C19H21N3O4. The number of fused-ring (bicyclic) bond motifs is 1. The van der Waals surface area contributed by atoms with Crippen LogP contribution in [-0.4, -0.2) is 41.2 Å². The van der Waals surface area contributed by atoms with E-state index in [0.717, 1.165) is 12.0 Å². The number of allylic oxidation sites excluding steroid dienone is 1. The zero-order valence-electron chi connectivity index (χ0n) is 15.1. The molecule has 1 heterocycles. The summed E-state index contributed by atoms with van der Waals surface area (Å²) in [5, 5.41) is 8.04. The monoisotopic (exact) mass is 355 g/mol. The van der Waals surface area contributed by atoms with Gasteiger partial charge in [0.1, 0.15) is 0 Å². The average molecular weight is 355 g/mol. The van der Waals surface area contributed by atoms with Gasteiger partial charge in [-0.15, -0.1) is 11.7 Å². The molecule has 3 rings (SSSR count). The summed E-state index contributed by atoms with van der Waals surface area (Å²) >= 11 is 0. The molecule has 0 aliphatic heterocycles. The standard InChI is InChI=1S/C19H21N3O4/c1-5-14-13-9-7-6-8-12(13)10-11-19(14,2)22-16(18(24)26-4)15(20-21-22)17(23)25-3/h5-9,14H,1,10-11H2,2-4H3/t14-,19+/m0/s1. The second kappa shape index (κ2) is 6.74. The van der Waals surface area contributed by atoms with Gasteiger partial charge in [0, 0.05) is 5.92 Å². The van der Waals surface area contributed by atoms with E-state index in [4.69, 9.17) is 9.47 Å². The molecule has 0 bridgehead atoms. The van der Waals surface area contributed by atoms with Gasteiger partial charge in [-0.05, 0) is 30.9 Å². The number of benzene rings is 1. The molecule has 0 radical (unpaired) electrons. The first-order valence-corrected chi connectivity index (χ1v) is 8.31. The molecule has 7 heteroatoms. The first-order valence-electron chi connectivity index (χ1n) is 8.31. The van der Waals surface area contributed by atoms with E-state index in [-0.39, 0.29) is 17.3 Å². The number of methoxy groups -OCH3 is 2. The van der Waals surface area contributed by atoms with Crippen LogP contribution >= 0.6 is 0 Å². The van der Waals surface area contributed by atoms with Crippen molar-refractivity contribution in [2.75, 3.05) is 14.2 Å². The first kappa shape index (κ1) is 17.8. The Morgan fingerprint density at radius 1 is 1.27 bits per heavy atom. The molecule has 1 aromatic carbocycles. The number of hydrogen-bond donors (Lipinski definition) is 0. The fourth-order valence-electron chi connectivity index (χ4n) is 3.72. The Labute approximate surface area is 151 Å². The largest absolute Gasteiger partial charge is 0.464 e. The highest BCUT2D eigenvalue weighted by Gasteiger charge is 2.44. The molecule has 1 aliphatic rings. The Bertz CT molecular complexity index is 873. The normalized spacial score (nSPS) is 21.6. The number of hydrogen-bond acceptors (Lipinski definition) is 6. The molecule has 0 fully saturated rings. The van der Waals surface area contributed by atoms with Gasteiger partial charge in [0.05, 0.1) is 19.8 Å². The van der Waals surface area contributed by atoms with Gasteiger partial charge in [-0.25, -0.2) is 14.3 Å². The van der Waals surface area contributed by atoms with Crippen LogP contribution in [0.4, 0.5) is 0 Å². The maximum absolute atomic E-state index is 12.4. The Hall–Kier alpha value is -2.96. The highest BCUT2D eigenvalue weighted by Crippen LogP contribution is 2.45. The molecule has 0 saturated carbocycles.